The molecule has 0 aromatic carbocycles. The summed E-state index contributed by atoms with van der Waals surface area (Å²) in [6.45, 7) is 4.74. The molecule has 1 aliphatic heterocycles. The van der Waals surface area contributed by atoms with E-state index in [0.29, 0.717) is 12.6 Å². The summed E-state index contributed by atoms with van der Waals surface area (Å²) in [4.78, 5) is 2.85. The van der Waals surface area contributed by atoms with E-state index in [2.05, 4.69) is 17.1 Å². The van der Waals surface area contributed by atoms with E-state index >= 15 is 0 Å². The molecule has 0 amide bonds. The molecule has 2 aliphatic carbocycles. The molecule has 0 radical (unpaired) electrons. The Balaban J connectivity index is 1.69. The number of likely N-dealkylation sites (tertiary alicyclic amines) is 1. The Bertz CT molecular complexity index is 318. The van der Waals surface area contributed by atoms with Crippen LogP contribution < -0.4 is 5.32 Å². The number of fused-ring (bicyclic) bond motifs is 1. The summed E-state index contributed by atoms with van der Waals surface area (Å²) in [7, 11) is 0. The number of hydrogen-bond donors (Lipinski definition) is 2. The Kier molecular flexibility index (Phi) is 4.68. The van der Waals surface area contributed by atoms with Crippen LogP contribution in [-0.4, -0.2) is 47.3 Å². The van der Waals surface area contributed by atoms with Gasteiger partial charge in [0.05, 0.1) is 6.61 Å². The Morgan fingerprint density at radius 3 is 2.80 bits per heavy atom. The van der Waals surface area contributed by atoms with Crippen LogP contribution in [0.25, 0.3) is 0 Å². The zero-order valence-electron chi connectivity index (χ0n) is 13.1. The maximum absolute atomic E-state index is 9.90. The van der Waals surface area contributed by atoms with Crippen LogP contribution in [0.3, 0.4) is 0 Å². The van der Waals surface area contributed by atoms with Gasteiger partial charge >= 0.3 is 0 Å². The van der Waals surface area contributed by atoms with Crippen LogP contribution in [0.1, 0.15) is 64.7 Å². The van der Waals surface area contributed by atoms with Crippen molar-refractivity contribution in [3.8, 4) is 0 Å². The maximum atomic E-state index is 9.90. The molecule has 0 aromatic heterocycles. The molecular weight excluding hydrogens is 248 g/mol. The summed E-state index contributed by atoms with van der Waals surface area (Å²) in [5, 5.41) is 13.5. The predicted molar refractivity (Wildman–Crippen MR) is 82.8 cm³/mol. The first-order chi connectivity index (χ1) is 9.78. The van der Waals surface area contributed by atoms with Crippen molar-refractivity contribution in [2.24, 2.45) is 5.92 Å². The fraction of sp³-hybridized carbons (Fsp3) is 1.00. The largest absolute Gasteiger partial charge is 0.394 e. The number of aliphatic hydroxyl groups is 1. The standard InChI is InChI=1S/C17H32N2O/c1-2-18-17(13-20)10-4-8-15(12-17)19-11-5-7-14-6-3-9-16(14)19/h14-16,18,20H,2-13H2,1H3. The second-order valence-electron chi connectivity index (χ2n) is 7.36. The first kappa shape index (κ1) is 14.8. The Labute approximate surface area is 124 Å². The van der Waals surface area contributed by atoms with Crippen molar-refractivity contribution in [2.45, 2.75) is 82.3 Å². The normalized spacial score (nSPS) is 42.6. The first-order valence-corrected chi connectivity index (χ1v) is 8.89. The van der Waals surface area contributed by atoms with Crippen molar-refractivity contribution in [1.29, 1.82) is 0 Å². The van der Waals surface area contributed by atoms with Gasteiger partial charge in [-0.2, -0.15) is 0 Å². The van der Waals surface area contributed by atoms with Gasteiger partial charge < -0.3 is 10.4 Å². The predicted octanol–water partition coefficient (Wildman–Crippen LogP) is 2.53. The highest BCUT2D eigenvalue weighted by atomic mass is 16.3. The molecule has 1 heterocycles. The van der Waals surface area contributed by atoms with Crippen LogP contribution in [-0.2, 0) is 0 Å². The zero-order chi connectivity index (χ0) is 14.0. The third-order valence-electron chi connectivity index (χ3n) is 6.18. The quantitative estimate of drug-likeness (QED) is 0.831. The summed E-state index contributed by atoms with van der Waals surface area (Å²) >= 11 is 0. The van der Waals surface area contributed by atoms with E-state index in [-0.39, 0.29) is 5.54 Å². The van der Waals surface area contributed by atoms with Crippen molar-refractivity contribution < 1.29 is 5.11 Å². The Morgan fingerprint density at radius 2 is 2.00 bits per heavy atom. The number of hydrogen-bond acceptors (Lipinski definition) is 3. The lowest BCUT2D eigenvalue weighted by atomic mass is 9.77. The lowest BCUT2D eigenvalue weighted by molar-refractivity contribution is 0.0111. The van der Waals surface area contributed by atoms with Gasteiger partial charge in [-0.15, -0.1) is 0 Å². The molecule has 3 aliphatic rings. The van der Waals surface area contributed by atoms with Crippen LogP contribution in [0.4, 0.5) is 0 Å². The van der Waals surface area contributed by atoms with E-state index in [0.717, 1.165) is 31.3 Å². The summed E-state index contributed by atoms with van der Waals surface area (Å²) in [5.74, 6) is 0.980. The Hall–Kier alpha value is -0.120. The average Bonchev–Trinajstić information content (AvgIpc) is 2.96. The number of nitrogens with one attached hydrogen (secondary N) is 1. The number of aliphatic hydroxyl groups excluding tert-OH is 1. The SMILES string of the molecule is CCNC1(CO)CCCC(N2CCCC3CCCC32)C1. The summed E-state index contributed by atoms with van der Waals surface area (Å²) in [5.41, 5.74) is 0.00319. The molecule has 3 rings (SSSR count). The molecule has 116 valence electrons. The second kappa shape index (κ2) is 6.33. The maximum Gasteiger partial charge on any atom is 0.0613 e. The Morgan fingerprint density at radius 1 is 1.15 bits per heavy atom. The van der Waals surface area contributed by atoms with Crippen LogP contribution >= 0.6 is 0 Å². The lowest BCUT2D eigenvalue weighted by Crippen LogP contribution is -2.58. The van der Waals surface area contributed by atoms with E-state index in [1.54, 1.807) is 0 Å². The second-order valence-corrected chi connectivity index (χ2v) is 7.36. The molecule has 0 bridgehead atoms. The minimum atomic E-state index is 0.00319. The monoisotopic (exact) mass is 280 g/mol. The van der Waals surface area contributed by atoms with Gasteiger partial charge in [0.2, 0.25) is 0 Å². The van der Waals surface area contributed by atoms with Gasteiger partial charge in [0.1, 0.15) is 0 Å². The molecular formula is C17H32N2O. The molecule has 3 fully saturated rings. The van der Waals surface area contributed by atoms with E-state index in [1.165, 1.54) is 51.5 Å². The van der Waals surface area contributed by atoms with E-state index in [9.17, 15) is 5.11 Å². The molecule has 2 N–H and O–H groups in total. The molecule has 1 saturated heterocycles. The minimum Gasteiger partial charge on any atom is -0.394 e. The molecule has 0 spiro atoms. The van der Waals surface area contributed by atoms with Crippen LogP contribution in [0.15, 0.2) is 0 Å². The van der Waals surface area contributed by atoms with E-state index < -0.39 is 0 Å². The third kappa shape index (κ3) is 2.77. The van der Waals surface area contributed by atoms with Gasteiger partial charge in [0.25, 0.3) is 0 Å². The van der Waals surface area contributed by atoms with E-state index in [4.69, 9.17) is 0 Å². The zero-order valence-corrected chi connectivity index (χ0v) is 13.1. The first-order valence-electron chi connectivity index (χ1n) is 8.89. The average molecular weight is 280 g/mol. The third-order valence-corrected chi connectivity index (χ3v) is 6.18. The molecule has 0 aromatic rings. The van der Waals surface area contributed by atoms with Crippen LogP contribution in [0.5, 0.6) is 0 Å². The van der Waals surface area contributed by atoms with Crippen molar-refractivity contribution in [3.05, 3.63) is 0 Å². The number of rotatable bonds is 4. The van der Waals surface area contributed by atoms with Crippen molar-refractivity contribution >= 4 is 0 Å². The summed E-state index contributed by atoms with van der Waals surface area (Å²) in [6, 6.07) is 1.57. The molecule has 2 saturated carbocycles. The highest BCUT2D eigenvalue weighted by Gasteiger charge is 2.42. The topological polar surface area (TPSA) is 35.5 Å². The molecule has 3 nitrogen and oxygen atoms in total. The van der Waals surface area contributed by atoms with E-state index in [1.807, 2.05) is 0 Å². The van der Waals surface area contributed by atoms with Gasteiger partial charge in [-0.1, -0.05) is 13.3 Å². The molecule has 3 heteroatoms. The fourth-order valence-corrected chi connectivity index (χ4v) is 5.30. The summed E-state index contributed by atoms with van der Waals surface area (Å²) < 4.78 is 0. The number of piperidine rings is 1. The summed E-state index contributed by atoms with van der Waals surface area (Å²) in [6.07, 6.45) is 12.1. The van der Waals surface area contributed by atoms with Crippen molar-refractivity contribution in [2.75, 3.05) is 19.7 Å². The van der Waals surface area contributed by atoms with Gasteiger partial charge in [-0.3, -0.25) is 4.90 Å². The van der Waals surface area contributed by atoms with Gasteiger partial charge in [-0.05, 0) is 70.4 Å². The lowest BCUT2D eigenvalue weighted by Gasteiger charge is -2.49. The van der Waals surface area contributed by atoms with Crippen LogP contribution in [0.2, 0.25) is 0 Å². The van der Waals surface area contributed by atoms with Gasteiger partial charge in [-0.25, -0.2) is 0 Å². The van der Waals surface area contributed by atoms with Gasteiger partial charge in [0, 0.05) is 17.6 Å². The number of nitrogens with zero attached hydrogens (tertiary/aromatic N) is 1. The van der Waals surface area contributed by atoms with Crippen LogP contribution in [0, 0.1) is 5.92 Å². The molecule has 20 heavy (non-hydrogen) atoms. The van der Waals surface area contributed by atoms with Crippen molar-refractivity contribution in [3.63, 3.8) is 0 Å². The van der Waals surface area contributed by atoms with Crippen molar-refractivity contribution in [1.82, 2.24) is 10.2 Å². The minimum absolute atomic E-state index is 0.00319. The molecule has 4 atom stereocenters. The highest BCUT2D eigenvalue weighted by Crippen LogP contribution is 2.41. The molecule has 4 unspecified atom stereocenters. The smallest absolute Gasteiger partial charge is 0.0613 e. The number of likely N-dealkylation sites (N-methyl/N-ethyl adjacent to an activating group) is 1. The van der Waals surface area contributed by atoms with Gasteiger partial charge in [0.15, 0.2) is 0 Å². The fourth-order valence-electron chi connectivity index (χ4n) is 5.30. The highest BCUT2D eigenvalue weighted by molar-refractivity contribution is 5.00.